The van der Waals surface area contributed by atoms with Gasteiger partial charge in [-0.1, -0.05) is 51.2 Å². The first kappa shape index (κ1) is 17.9. The van der Waals surface area contributed by atoms with E-state index in [9.17, 15) is 9.59 Å². The minimum Gasteiger partial charge on any atom is -0.481 e. The summed E-state index contributed by atoms with van der Waals surface area (Å²) in [7, 11) is 0. The van der Waals surface area contributed by atoms with Crippen molar-refractivity contribution in [3.63, 3.8) is 0 Å². The molecule has 3 heteroatoms. The summed E-state index contributed by atoms with van der Waals surface area (Å²) in [6.07, 6.45) is 13.9. The highest BCUT2D eigenvalue weighted by Crippen LogP contribution is 2.13. The highest BCUT2D eigenvalue weighted by atomic mass is 16.4. The second-order valence-corrected chi connectivity index (χ2v) is 5.11. The van der Waals surface area contributed by atoms with Crippen LogP contribution in [-0.4, -0.2) is 16.9 Å². The number of carbonyl (C=O) groups is 2. The summed E-state index contributed by atoms with van der Waals surface area (Å²) in [5.41, 5.74) is 0. The molecule has 1 N–H and O–H groups in total. The molecule has 0 heterocycles. The molecular weight excluding hydrogens is 240 g/mol. The van der Waals surface area contributed by atoms with Gasteiger partial charge in [0.25, 0.3) is 0 Å². The Morgan fingerprint density at radius 1 is 1.00 bits per heavy atom. The molecule has 19 heavy (non-hydrogen) atoms. The maximum absolute atomic E-state index is 11.1. The van der Waals surface area contributed by atoms with Gasteiger partial charge in [-0.25, -0.2) is 0 Å². The maximum Gasteiger partial charge on any atom is 0.314 e. The molecule has 0 saturated carbocycles. The average molecular weight is 268 g/mol. The van der Waals surface area contributed by atoms with Crippen LogP contribution in [0, 0.1) is 5.92 Å². The van der Waals surface area contributed by atoms with E-state index in [2.05, 4.69) is 19.1 Å². The van der Waals surface area contributed by atoms with Crippen molar-refractivity contribution in [1.82, 2.24) is 0 Å². The first-order valence-electron chi connectivity index (χ1n) is 7.47. The second-order valence-electron chi connectivity index (χ2n) is 5.11. The molecule has 0 aromatic heterocycles. The Morgan fingerprint density at radius 3 is 2.11 bits per heavy atom. The number of aliphatic carboxylic acids is 1. The molecule has 0 aliphatic carbocycles. The fourth-order valence-corrected chi connectivity index (χ4v) is 2.02. The van der Waals surface area contributed by atoms with Crippen LogP contribution in [0.2, 0.25) is 0 Å². The molecule has 0 rings (SSSR count). The third kappa shape index (κ3) is 10.5. The highest BCUT2D eigenvalue weighted by Gasteiger charge is 2.21. The van der Waals surface area contributed by atoms with Crippen molar-refractivity contribution in [1.29, 1.82) is 0 Å². The lowest BCUT2D eigenvalue weighted by Gasteiger charge is -2.07. The summed E-state index contributed by atoms with van der Waals surface area (Å²) >= 11 is 0. The largest absolute Gasteiger partial charge is 0.481 e. The van der Waals surface area contributed by atoms with Crippen LogP contribution in [0.25, 0.3) is 0 Å². The fraction of sp³-hybridized carbons (Fsp3) is 0.750. The van der Waals surface area contributed by atoms with Gasteiger partial charge in [0, 0.05) is 0 Å². The summed E-state index contributed by atoms with van der Waals surface area (Å²) in [6, 6.07) is 0. The number of carboxylic acid groups (broad SMARTS) is 1. The van der Waals surface area contributed by atoms with Crippen LogP contribution in [0.4, 0.5) is 0 Å². The van der Waals surface area contributed by atoms with Crippen molar-refractivity contribution in [2.24, 2.45) is 5.92 Å². The van der Waals surface area contributed by atoms with Crippen LogP contribution in [0.5, 0.6) is 0 Å². The number of rotatable bonds is 12. The first-order chi connectivity index (χ1) is 9.09. The van der Waals surface area contributed by atoms with Crippen LogP contribution in [0.15, 0.2) is 12.2 Å². The lowest BCUT2D eigenvalue weighted by molar-refractivity contribution is -0.146. The number of unbranched alkanes of at least 4 members (excludes halogenated alkanes) is 6. The Balaban J connectivity index is 3.47. The van der Waals surface area contributed by atoms with E-state index in [0.29, 0.717) is 6.42 Å². The predicted molar refractivity (Wildman–Crippen MR) is 78.2 cm³/mol. The number of Topliss-reactive ketones (excluding diaryl/α,β-unsaturated/α-hetero) is 1. The lowest BCUT2D eigenvalue weighted by atomic mass is 9.97. The number of hydrogen-bond acceptors (Lipinski definition) is 2. The van der Waals surface area contributed by atoms with Gasteiger partial charge in [0.2, 0.25) is 0 Å². The van der Waals surface area contributed by atoms with Crippen LogP contribution < -0.4 is 0 Å². The quantitative estimate of drug-likeness (QED) is 0.325. The molecule has 110 valence electrons. The summed E-state index contributed by atoms with van der Waals surface area (Å²) in [5.74, 6) is -2.01. The monoisotopic (exact) mass is 268 g/mol. The third-order valence-electron chi connectivity index (χ3n) is 3.29. The van der Waals surface area contributed by atoms with Gasteiger partial charge in [0.15, 0.2) is 0 Å². The molecule has 0 aliphatic rings. The van der Waals surface area contributed by atoms with Crippen molar-refractivity contribution in [3.8, 4) is 0 Å². The van der Waals surface area contributed by atoms with Crippen LogP contribution in [-0.2, 0) is 9.59 Å². The van der Waals surface area contributed by atoms with Crippen LogP contribution in [0.3, 0.4) is 0 Å². The van der Waals surface area contributed by atoms with Crippen LogP contribution in [0.1, 0.15) is 71.6 Å². The standard InChI is InChI=1S/C16H28O3/c1-3-4-5-6-7-8-9-10-11-12-13-15(14(2)17)16(18)19/h6-7,15H,3-5,8-13H2,1-2H3,(H,18,19). The zero-order valence-corrected chi connectivity index (χ0v) is 12.4. The summed E-state index contributed by atoms with van der Waals surface area (Å²) in [5, 5.41) is 8.86. The van der Waals surface area contributed by atoms with Crippen molar-refractivity contribution in [2.45, 2.75) is 71.6 Å². The minimum atomic E-state index is -0.980. The zero-order chi connectivity index (χ0) is 14.5. The van der Waals surface area contributed by atoms with Gasteiger partial charge >= 0.3 is 5.97 Å². The number of hydrogen-bond donors (Lipinski definition) is 1. The van der Waals surface area contributed by atoms with E-state index in [1.54, 1.807) is 0 Å². The SMILES string of the molecule is CCCCC=CCCCCCCC(C(C)=O)C(=O)O. The van der Waals surface area contributed by atoms with Crippen molar-refractivity contribution in [3.05, 3.63) is 12.2 Å². The number of allylic oxidation sites excluding steroid dienone is 2. The van der Waals surface area contributed by atoms with Gasteiger partial charge in [-0.3, -0.25) is 9.59 Å². The molecule has 0 radical (unpaired) electrons. The summed E-state index contributed by atoms with van der Waals surface area (Å²) in [6.45, 7) is 3.55. The Labute approximate surface area is 117 Å². The van der Waals surface area contributed by atoms with Crippen molar-refractivity contribution < 1.29 is 14.7 Å². The molecule has 0 saturated heterocycles. The molecule has 0 fully saturated rings. The molecule has 1 unspecified atom stereocenters. The number of carbonyl (C=O) groups excluding carboxylic acids is 1. The van der Waals surface area contributed by atoms with Gasteiger partial charge in [-0.05, 0) is 32.6 Å². The van der Waals surface area contributed by atoms with Crippen molar-refractivity contribution in [2.75, 3.05) is 0 Å². The Hall–Kier alpha value is -1.12. The molecule has 0 aromatic rings. The number of ketones is 1. The molecule has 3 nitrogen and oxygen atoms in total. The van der Waals surface area contributed by atoms with Gasteiger partial charge in [-0.2, -0.15) is 0 Å². The van der Waals surface area contributed by atoms with E-state index in [1.807, 2.05) is 0 Å². The van der Waals surface area contributed by atoms with E-state index in [1.165, 1.54) is 26.2 Å². The minimum absolute atomic E-state index is 0.230. The fourth-order valence-electron chi connectivity index (χ4n) is 2.02. The molecule has 0 spiro atoms. The van der Waals surface area contributed by atoms with Gasteiger partial charge < -0.3 is 5.11 Å². The molecular formula is C16H28O3. The number of carboxylic acids is 1. The van der Waals surface area contributed by atoms with Crippen LogP contribution >= 0.6 is 0 Å². The predicted octanol–water partition coefficient (Wildman–Crippen LogP) is 4.36. The zero-order valence-electron chi connectivity index (χ0n) is 12.4. The van der Waals surface area contributed by atoms with E-state index in [-0.39, 0.29) is 5.78 Å². The second kappa shape index (κ2) is 11.9. The summed E-state index contributed by atoms with van der Waals surface area (Å²) < 4.78 is 0. The van der Waals surface area contributed by atoms with Gasteiger partial charge in [0.05, 0.1) is 0 Å². The molecule has 0 aromatic carbocycles. The van der Waals surface area contributed by atoms with E-state index in [4.69, 9.17) is 5.11 Å². The average Bonchev–Trinajstić information content (AvgIpc) is 2.35. The first-order valence-corrected chi connectivity index (χ1v) is 7.47. The topological polar surface area (TPSA) is 54.4 Å². The Kier molecular flexibility index (Phi) is 11.2. The van der Waals surface area contributed by atoms with Crippen molar-refractivity contribution >= 4 is 11.8 Å². The molecule has 0 bridgehead atoms. The molecule has 0 aliphatic heterocycles. The Morgan fingerprint density at radius 2 is 1.58 bits per heavy atom. The van der Waals surface area contributed by atoms with E-state index < -0.39 is 11.9 Å². The van der Waals surface area contributed by atoms with E-state index >= 15 is 0 Å². The van der Waals surface area contributed by atoms with E-state index in [0.717, 1.165) is 32.1 Å². The lowest BCUT2D eigenvalue weighted by Crippen LogP contribution is -2.21. The third-order valence-corrected chi connectivity index (χ3v) is 3.29. The highest BCUT2D eigenvalue weighted by molar-refractivity contribution is 5.96. The normalized spacial score (nSPS) is 12.7. The van der Waals surface area contributed by atoms with Gasteiger partial charge in [0.1, 0.15) is 11.7 Å². The smallest absolute Gasteiger partial charge is 0.314 e. The van der Waals surface area contributed by atoms with Gasteiger partial charge in [-0.15, -0.1) is 0 Å². The Bertz CT molecular complexity index is 268. The molecule has 0 amide bonds. The summed E-state index contributed by atoms with van der Waals surface area (Å²) in [4.78, 5) is 21.9. The maximum atomic E-state index is 11.1. The molecule has 1 atom stereocenters.